The van der Waals surface area contributed by atoms with Gasteiger partial charge in [0.25, 0.3) is 0 Å². The Hall–Kier alpha value is -1.47. The summed E-state index contributed by atoms with van der Waals surface area (Å²) in [6, 6.07) is 5.70. The third kappa shape index (κ3) is 3.32. The summed E-state index contributed by atoms with van der Waals surface area (Å²) in [7, 11) is 2.69. The van der Waals surface area contributed by atoms with E-state index >= 15 is 0 Å². The normalized spacial score (nSPS) is 10.6. The molecule has 0 radical (unpaired) electrons. The molecule has 24 heavy (non-hydrogen) atoms. The van der Waals surface area contributed by atoms with E-state index in [0.29, 0.717) is 0 Å². The Kier molecular flexibility index (Phi) is 6.34. The highest BCUT2D eigenvalue weighted by Gasteiger charge is 2.23. The molecule has 0 unspecified atom stereocenters. The maximum atomic E-state index is 14.4. The van der Waals surface area contributed by atoms with Crippen LogP contribution in [-0.2, 0) is 10.7 Å². The van der Waals surface area contributed by atoms with Gasteiger partial charge in [0, 0.05) is 32.9 Å². The first-order chi connectivity index (χ1) is 11.5. The molecule has 2 aromatic carbocycles. The summed E-state index contributed by atoms with van der Waals surface area (Å²) in [5.41, 5.74) is 0.626. The number of rotatable bonds is 6. The van der Waals surface area contributed by atoms with Crippen LogP contribution in [0.3, 0.4) is 0 Å². The molecule has 3 nitrogen and oxygen atoms in total. The van der Waals surface area contributed by atoms with Crippen LogP contribution >= 0.6 is 31.9 Å². The Bertz CT molecular complexity index is 715. The lowest BCUT2D eigenvalue weighted by atomic mass is 9.95. The van der Waals surface area contributed by atoms with Crippen molar-refractivity contribution < 1.29 is 23.0 Å². The molecule has 0 fully saturated rings. The molecule has 2 rings (SSSR count). The monoisotopic (exact) mass is 462 g/mol. The fraction of sp³-hybridized carbons (Fsp3) is 0.235. The minimum absolute atomic E-state index is 0.0441. The van der Waals surface area contributed by atoms with Crippen LogP contribution in [-0.4, -0.2) is 20.0 Å². The van der Waals surface area contributed by atoms with Crippen molar-refractivity contribution in [2.45, 2.75) is 10.7 Å². The number of ketones is 1. The first-order valence-electron chi connectivity index (χ1n) is 6.87. The SMILES string of the molecule is COc1ccc(C(=O)c2ccc(OC)c(F)c2CBr)c(CBr)c1F. The first-order valence-corrected chi connectivity index (χ1v) is 9.11. The second-order valence-corrected chi connectivity index (χ2v) is 5.93. The highest BCUT2D eigenvalue weighted by atomic mass is 79.9. The molecule has 0 aromatic heterocycles. The number of hydrogen-bond acceptors (Lipinski definition) is 3. The number of carbonyl (C=O) groups excluding carboxylic acids is 1. The molecule has 0 amide bonds. The molecule has 128 valence electrons. The first kappa shape index (κ1) is 18.9. The van der Waals surface area contributed by atoms with E-state index < -0.39 is 17.4 Å². The Morgan fingerprint density at radius 3 is 1.54 bits per heavy atom. The van der Waals surface area contributed by atoms with Crippen molar-refractivity contribution in [2.75, 3.05) is 14.2 Å². The van der Waals surface area contributed by atoms with E-state index in [2.05, 4.69) is 31.9 Å². The smallest absolute Gasteiger partial charge is 0.193 e. The summed E-state index contributed by atoms with van der Waals surface area (Å²) >= 11 is 6.37. The van der Waals surface area contributed by atoms with Gasteiger partial charge in [-0.25, -0.2) is 8.78 Å². The van der Waals surface area contributed by atoms with Crippen molar-refractivity contribution in [3.8, 4) is 11.5 Å². The third-order valence-electron chi connectivity index (χ3n) is 3.61. The molecule has 0 spiro atoms. The zero-order chi connectivity index (χ0) is 17.9. The van der Waals surface area contributed by atoms with Crippen molar-refractivity contribution in [1.29, 1.82) is 0 Å². The van der Waals surface area contributed by atoms with Gasteiger partial charge in [-0.15, -0.1) is 0 Å². The summed E-state index contributed by atoms with van der Waals surface area (Å²) in [6.45, 7) is 0. The van der Waals surface area contributed by atoms with Gasteiger partial charge in [0.2, 0.25) is 0 Å². The zero-order valence-electron chi connectivity index (χ0n) is 13.0. The molecule has 0 saturated carbocycles. The van der Waals surface area contributed by atoms with E-state index in [4.69, 9.17) is 9.47 Å². The van der Waals surface area contributed by atoms with Crippen molar-refractivity contribution >= 4 is 37.6 Å². The van der Waals surface area contributed by atoms with Gasteiger partial charge in [0.1, 0.15) is 0 Å². The Morgan fingerprint density at radius 2 is 1.25 bits per heavy atom. The average molecular weight is 464 g/mol. The molecule has 0 saturated heterocycles. The van der Waals surface area contributed by atoms with E-state index in [1.54, 1.807) is 0 Å². The summed E-state index contributed by atoms with van der Waals surface area (Å²) in [5.74, 6) is -1.61. The van der Waals surface area contributed by atoms with Crippen molar-refractivity contribution in [1.82, 2.24) is 0 Å². The number of hydrogen-bond donors (Lipinski definition) is 0. The molecule has 0 aliphatic rings. The highest BCUT2D eigenvalue weighted by molar-refractivity contribution is 9.08. The predicted octanol–water partition coefficient (Wildman–Crippen LogP) is 5.00. The second kappa shape index (κ2) is 8.07. The van der Waals surface area contributed by atoms with Crippen LogP contribution in [0.15, 0.2) is 24.3 Å². The van der Waals surface area contributed by atoms with Crippen molar-refractivity contribution in [3.05, 3.63) is 58.2 Å². The summed E-state index contributed by atoms with van der Waals surface area (Å²) in [4.78, 5) is 12.9. The molecule has 7 heteroatoms. The van der Waals surface area contributed by atoms with Gasteiger partial charge in [0.15, 0.2) is 28.9 Å². The summed E-state index contributed by atoms with van der Waals surface area (Å²) in [6.07, 6.45) is 0. The molecule has 0 bridgehead atoms. The van der Waals surface area contributed by atoms with E-state index in [1.165, 1.54) is 38.5 Å². The van der Waals surface area contributed by atoms with Crippen LogP contribution in [0.4, 0.5) is 8.78 Å². The highest BCUT2D eigenvalue weighted by Crippen LogP contribution is 2.31. The lowest BCUT2D eigenvalue weighted by Crippen LogP contribution is -2.11. The lowest BCUT2D eigenvalue weighted by molar-refractivity contribution is 0.103. The number of alkyl halides is 2. The van der Waals surface area contributed by atoms with Crippen LogP contribution in [0.2, 0.25) is 0 Å². The van der Waals surface area contributed by atoms with Crippen LogP contribution in [0.25, 0.3) is 0 Å². The Labute approximate surface area is 155 Å². The maximum Gasteiger partial charge on any atom is 0.193 e. The second-order valence-electron chi connectivity index (χ2n) is 4.81. The molecule has 0 aliphatic heterocycles. The lowest BCUT2D eigenvalue weighted by Gasteiger charge is -2.14. The van der Waals surface area contributed by atoms with Gasteiger partial charge in [0.05, 0.1) is 14.2 Å². The van der Waals surface area contributed by atoms with E-state index in [-0.39, 0.29) is 44.4 Å². The van der Waals surface area contributed by atoms with E-state index in [1.807, 2.05) is 0 Å². The number of ether oxygens (including phenoxy) is 2. The number of carbonyl (C=O) groups is 1. The molecule has 0 atom stereocenters. The molecule has 0 aliphatic carbocycles. The molecule has 0 heterocycles. The minimum atomic E-state index is -0.616. The zero-order valence-corrected chi connectivity index (χ0v) is 16.1. The molecule has 2 aromatic rings. The fourth-order valence-electron chi connectivity index (χ4n) is 2.35. The Balaban J connectivity index is 2.62. The third-order valence-corrected chi connectivity index (χ3v) is 4.73. The Morgan fingerprint density at radius 1 is 0.875 bits per heavy atom. The average Bonchev–Trinajstić information content (AvgIpc) is 2.60. The van der Waals surface area contributed by atoms with Gasteiger partial charge in [-0.05, 0) is 24.3 Å². The quantitative estimate of drug-likeness (QED) is 0.446. The summed E-state index contributed by atoms with van der Waals surface area (Å²) < 4.78 is 38.6. The number of benzene rings is 2. The van der Waals surface area contributed by atoms with Crippen molar-refractivity contribution in [2.24, 2.45) is 0 Å². The molecule has 0 N–H and O–H groups in total. The minimum Gasteiger partial charge on any atom is -0.494 e. The topological polar surface area (TPSA) is 35.5 Å². The largest absolute Gasteiger partial charge is 0.494 e. The standard InChI is InChI=1S/C17H14Br2F2O3/c1-23-13-5-3-9(11(7-18)15(13)20)17(22)10-4-6-14(24-2)16(21)12(10)8-19/h3-6H,7-8H2,1-2H3. The number of methoxy groups -OCH3 is 2. The fourth-order valence-corrected chi connectivity index (χ4v) is 3.44. The van der Waals surface area contributed by atoms with Crippen molar-refractivity contribution in [3.63, 3.8) is 0 Å². The van der Waals surface area contributed by atoms with Crippen LogP contribution in [0, 0.1) is 11.6 Å². The van der Waals surface area contributed by atoms with Gasteiger partial charge in [-0.3, -0.25) is 4.79 Å². The summed E-state index contributed by atoms with van der Waals surface area (Å²) in [5, 5.41) is 0.249. The van der Waals surface area contributed by atoms with Crippen LogP contribution in [0.5, 0.6) is 11.5 Å². The van der Waals surface area contributed by atoms with Crippen LogP contribution < -0.4 is 9.47 Å². The number of halogens is 4. The van der Waals surface area contributed by atoms with Gasteiger partial charge < -0.3 is 9.47 Å². The maximum absolute atomic E-state index is 14.4. The van der Waals surface area contributed by atoms with Crippen LogP contribution in [0.1, 0.15) is 27.0 Å². The molecular formula is C17H14Br2F2O3. The van der Waals surface area contributed by atoms with Gasteiger partial charge in [-0.1, -0.05) is 31.9 Å². The molecular weight excluding hydrogens is 450 g/mol. The van der Waals surface area contributed by atoms with E-state index in [0.717, 1.165) is 0 Å². The predicted molar refractivity (Wildman–Crippen MR) is 94.6 cm³/mol. The van der Waals surface area contributed by atoms with E-state index in [9.17, 15) is 13.6 Å². The van der Waals surface area contributed by atoms with Gasteiger partial charge >= 0.3 is 0 Å². The van der Waals surface area contributed by atoms with Gasteiger partial charge in [-0.2, -0.15) is 0 Å².